The molecule has 0 saturated carbocycles. The third-order valence-corrected chi connectivity index (χ3v) is 9.87. The van der Waals surface area contributed by atoms with Gasteiger partial charge < -0.3 is 18.9 Å². The minimum Gasteiger partial charge on any atom is -0.485 e. The van der Waals surface area contributed by atoms with E-state index in [1.807, 2.05) is 0 Å². The van der Waals surface area contributed by atoms with Gasteiger partial charge in [-0.3, -0.25) is 0 Å². The molecule has 0 amide bonds. The zero-order valence-corrected chi connectivity index (χ0v) is 17.9. The summed E-state index contributed by atoms with van der Waals surface area (Å²) in [6, 6.07) is 19.5. The molecule has 0 saturated heterocycles. The number of fused-ring (bicyclic) bond motifs is 2. The van der Waals surface area contributed by atoms with E-state index < -0.39 is 7.53 Å². The van der Waals surface area contributed by atoms with Gasteiger partial charge >= 0.3 is 0 Å². The minimum atomic E-state index is -0.676. The first-order valence-corrected chi connectivity index (χ1v) is 12.4. The summed E-state index contributed by atoms with van der Waals surface area (Å²) in [4.78, 5) is 2.43. The van der Waals surface area contributed by atoms with Crippen molar-refractivity contribution < 1.29 is 18.9 Å². The smallest absolute Gasteiger partial charge is 0.217 e. The maximum atomic E-state index is 5.80. The van der Waals surface area contributed by atoms with Crippen LogP contribution in [0.3, 0.4) is 0 Å². The van der Waals surface area contributed by atoms with Crippen molar-refractivity contribution in [3.05, 3.63) is 54.6 Å². The maximum absolute atomic E-state index is 5.80. The molecule has 146 valence electrons. The van der Waals surface area contributed by atoms with E-state index in [0.717, 1.165) is 21.6 Å². The first-order chi connectivity index (χ1) is 14.4. The van der Waals surface area contributed by atoms with Crippen molar-refractivity contribution in [2.24, 2.45) is 0 Å². The zero-order chi connectivity index (χ0) is 19.2. The van der Waals surface area contributed by atoms with E-state index in [-0.39, 0.29) is 0 Å². The van der Waals surface area contributed by atoms with Crippen molar-refractivity contribution in [1.29, 1.82) is 0 Å². The molecule has 0 radical (unpaired) electrons. The molecule has 1 aromatic carbocycles. The molecule has 6 rings (SSSR count). The Hall–Kier alpha value is -2.40. The summed E-state index contributed by atoms with van der Waals surface area (Å²) in [7, 11) is -0.676. The molecule has 7 heteroatoms. The van der Waals surface area contributed by atoms with Crippen molar-refractivity contribution in [3.8, 4) is 47.3 Å². The molecular weight excluding hydrogens is 423 g/mol. The van der Waals surface area contributed by atoms with Crippen LogP contribution in [-0.2, 0) is 0 Å². The Balaban J connectivity index is 1.52. The summed E-state index contributed by atoms with van der Waals surface area (Å²) in [5.41, 5.74) is 0. The van der Waals surface area contributed by atoms with Crippen LogP contribution in [0.15, 0.2) is 54.6 Å². The van der Waals surface area contributed by atoms with E-state index in [1.165, 1.54) is 25.6 Å². The van der Waals surface area contributed by atoms with E-state index in [2.05, 4.69) is 54.6 Å². The van der Waals surface area contributed by atoms with E-state index in [0.29, 0.717) is 26.4 Å². The van der Waals surface area contributed by atoms with Gasteiger partial charge in [0.25, 0.3) is 0 Å². The predicted molar refractivity (Wildman–Crippen MR) is 119 cm³/mol. The molecule has 0 fully saturated rings. The average molecular weight is 440 g/mol. The molecule has 4 aromatic rings. The molecule has 2 aliphatic rings. The summed E-state index contributed by atoms with van der Waals surface area (Å²) in [5.74, 6) is 1.73. The van der Waals surface area contributed by atoms with Crippen molar-refractivity contribution in [2.75, 3.05) is 26.4 Å². The molecule has 3 aromatic heterocycles. The van der Waals surface area contributed by atoms with Crippen LogP contribution >= 0.6 is 30.2 Å². The SMILES string of the molecule is c1ccc(-p2c(-c3cc4c(s3)OCCO4)ccc2-c2cc3c(s2)OCCO3)cc1. The monoisotopic (exact) mass is 440 g/mol. The third kappa shape index (κ3) is 3.03. The molecule has 0 atom stereocenters. The predicted octanol–water partition coefficient (Wildman–Crippen LogP) is 6.66. The lowest BCUT2D eigenvalue weighted by molar-refractivity contribution is 0.178. The molecule has 4 nitrogen and oxygen atoms in total. The largest absolute Gasteiger partial charge is 0.485 e. The number of hydrogen-bond acceptors (Lipinski definition) is 6. The Bertz CT molecular complexity index is 1060. The molecule has 5 heterocycles. The van der Waals surface area contributed by atoms with Crippen LogP contribution < -0.4 is 18.9 Å². The fourth-order valence-corrected chi connectivity index (χ4v) is 8.54. The van der Waals surface area contributed by atoms with E-state index >= 15 is 0 Å². The molecule has 0 unspecified atom stereocenters. The second-order valence-electron chi connectivity index (χ2n) is 6.69. The highest BCUT2D eigenvalue weighted by Crippen LogP contribution is 2.61. The van der Waals surface area contributed by atoms with E-state index in [9.17, 15) is 0 Å². The van der Waals surface area contributed by atoms with Crippen LogP contribution in [0.5, 0.6) is 21.6 Å². The van der Waals surface area contributed by atoms with Gasteiger partial charge in [-0.2, -0.15) is 0 Å². The van der Waals surface area contributed by atoms with Crippen LogP contribution in [0.4, 0.5) is 0 Å². The number of ether oxygens (including phenoxy) is 4. The molecular formula is C22H17O4PS2. The van der Waals surface area contributed by atoms with Crippen molar-refractivity contribution in [3.63, 3.8) is 0 Å². The van der Waals surface area contributed by atoms with Gasteiger partial charge in [0.05, 0.1) is 0 Å². The van der Waals surface area contributed by atoms with Crippen molar-refractivity contribution >= 4 is 30.2 Å². The fraction of sp³-hybridized carbons (Fsp3) is 0.182. The fourth-order valence-electron chi connectivity index (χ4n) is 3.62. The van der Waals surface area contributed by atoms with Gasteiger partial charge in [0.15, 0.2) is 11.5 Å². The highest BCUT2D eigenvalue weighted by Gasteiger charge is 2.24. The summed E-state index contributed by atoms with van der Waals surface area (Å²) >= 11 is 3.35. The molecule has 0 aliphatic carbocycles. The van der Waals surface area contributed by atoms with Crippen LogP contribution in [-0.4, -0.2) is 26.4 Å². The van der Waals surface area contributed by atoms with E-state index in [4.69, 9.17) is 18.9 Å². The Morgan fingerprint density at radius 3 is 1.66 bits per heavy atom. The Morgan fingerprint density at radius 2 is 1.14 bits per heavy atom. The van der Waals surface area contributed by atoms with Crippen LogP contribution in [0.2, 0.25) is 0 Å². The first-order valence-electron chi connectivity index (χ1n) is 9.43. The number of benzene rings is 1. The lowest BCUT2D eigenvalue weighted by Crippen LogP contribution is -2.13. The van der Waals surface area contributed by atoms with E-state index in [1.54, 1.807) is 22.7 Å². The molecule has 0 spiro atoms. The van der Waals surface area contributed by atoms with Crippen LogP contribution in [0, 0.1) is 0 Å². The Morgan fingerprint density at radius 1 is 0.621 bits per heavy atom. The van der Waals surface area contributed by atoms with Gasteiger partial charge in [-0.25, -0.2) is 0 Å². The van der Waals surface area contributed by atoms with Crippen molar-refractivity contribution in [2.45, 2.75) is 0 Å². The summed E-state index contributed by atoms with van der Waals surface area (Å²) in [5, 5.41) is 5.77. The molecule has 0 N–H and O–H groups in total. The zero-order valence-electron chi connectivity index (χ0n) is 15.4. The number of thiophene rings is 2. The summed E-state index contributed by atoms with van der Waals surface area (Å²) < 4.78 is 23.2. The lowest BCUT2D eigenvalue weighted by Gasteiger charge is -2.13. The molecule has 29 heavy (non-hydrogen) atoms. The van der Waals surface area contributed by atoms with Crippen molar-refractivity contribution in [1.82, 2.24) is 0 Å². The summed E-state index contributed by atoms with van der Waals surface area (Å²) in [6.07, 6.45) is 0. The third-order valence-electron chi connectivity index (χ3n) is 4.88. The number of rotatable bonds is 3. The van der Waals surface area contributed by atoms with Gasteiger partial charge in [0, 0.05) is 32.5 Å². The minimum absolute atomic E-state index is 0.611. The standard InChI is InChI=1S/C22H17O4PS2/c1-2-4-14(5-3-1)27-17(19-12-15-21(28-19)25-10-8-23-15)6-7-18(27)20-13-16-22(29-20)26-11-9-24-16/h1-7,12-13H,8-11H2. The second-order valence-corrected chi connectivity index (χ2v) is 10.9. The van der Waals surface area contributed by atoms with Gasteiger partial charge in [-0.1, -0.05) is 60.5 Å². The molecule has 0 bridgehead atoms. The topological polar surface area (TPSA) is 36.9 Å². The van der Waals surface area contributed by atoms with Gasteiger partial charge in [0.2, 0.25) is 10.1 Å². The Kier molecular flexibility index (Phi) is 4.29. The quantitative estimate of drug-likeness (QED) is 0.357. The van der Waals surface area contributed by atoms with Gasteiger partial charge in [-0.05, 0) is 17.4 Å². The Labute approximate surface area is 177 Å². The normalized spacial score (nSPS) is 14.8. The highest BCUT2D eigenvalue weighted by molar-refractivity contribution is 7.64. The van der Waals surface area contributed by atoms with Gasteiger partial charge in [-0.15, -0.1) is 0 Å². The van der Waals surface area contributed by atoms with Gasteiger partial charge in [0.1, 0.15) is 26.4 Å². The second kappa shape index (κ2) is 7.13. The first kappa shape index (κ1) is 17.5. The molecule has 2 aliphatic heterocycles. The maximum Gasteiger partial charge on any atom is 0.217 e. The summed E-state index contributed by atoms with van der Waals surface area (Å²) in [6.45, 7) is 2.45. The van der Waals surface area contributed by atoms with Crippen LogP contribution in [0.1, 0.15) is 0 Å². The lowest BCUT2D eigenvalue weighted by atomic mass is 10.3. The van der Waals surface area contributed by atoms with Crippen LogP contribution in [0.25, 0.3) is 25.6 Å². The highest BCUT2D eigenvalue weighted by atomic mass is 32.1. The average Bonchev–Trinajstić information content (AvgIpc) is 3.49. The number of hydrogen-bond donors (Lipinski definition) is 0.